The van der Waals surface area contributed by atoms with Crippen molar-refractivity contribution >= 4 is 33.6 Å². The van der Waals surface area contributed by atoms with Crippen molar-refractivity contribution < 1.29 is 14.3 Å². The number of aromatic nitrogens is 4. The van der Waals surface area contributed by atoms with Crippen LogP contribution in [0.5, 0.6) is 5.75 Å². The molecule has 4 heterocycles. The first-order chi connectivity index (χ1) is 16.1. The first-order valence-corrected chi connectivity index (χ1v) is 11.7. The van der Waals surface area contributed by atoms with E-state index in [0.717, 1.165) is 43.7 Å². The van der Waals surface area contributed by atoms with Gasteiger partial charge in [-0.05, 0) is 42.0 Å². The van der Waals surface area contributed by atoms with E-state index in [1.807, 2.05) is 73.5 Å². The van der Waals surface area contributed by atoms with Crippen LogP contribution >= 0.6 is 11.3 Å². The second kappa shape index (κ2) is 9.46. The molecular formula is C25H26N4O3S. The molecule has 7 nitrogen and oxygen atoms in total. The number of thiophene rings is 1. The number of ether oxygens (including phenoxy) is 2. The molecule has 0 saturated heterocycles. The summed E-state index contributed by atoms with van der Waals surface area (Å²) < 4.78 is 14.5. The van der Waals surface area contributed by atoms with Gasteiger partial charge in [0.05, 0.1) is 30.3 Å². The number of imidazole rings is 1. The number of esters is 1. The fourth-order valence-corrected chi connectivity index (χ4v) is 4.52. The molecule has 5 rings (SSSR count). The number of fused-ring (bicyclic) bond motifs is 3. The largest absolute Gasteiger partial charge is 0.496 e. The average Bonchev–Trinajstić information content (AvgIpc) is 3.59. The Kier molecular flexibility index (Phi) is 6.46. The predicted molar refractivity (Wildman–Crippen MR) is 132 cm³/mol. The van der Waals surface area contributed by atoms with Gasteiger partial charge in [-0.15, -0.1) is 11.3 Å². The summed E-state index contributed by atoms with van der Waals surface area (Å²) >= 11 is 1.58. The zero-order valence-electron chi connectivity index (χ0n) is 19.3. The summed E-state index contributed by atoms with van der Waals surface area (Å²) in [4.78, 5) is 18.3. The van der Waals surface area contributed by atoms with Crippen LogP contribution in [0.2, 0.25) is 0 Å². The SMILES string of the molecule is CC.CCOC(=O)c1nc(-c2cccs2)c2c3cc(-c4cnn(C)c4)c(OC)cc3ccn12. The topological polar surface area (TPSA) is 70.6 Å². The van der Waals surface area contributed by atoms with E-state index in [4.69, 9.17) is 14.5 Å². The van der Waals surface area contributed by atoms with Crippen molar-refractivity contribution in [3.05, 3.63) is 60.1 Å². The van der Waals surface area contributed by atoms with Gasteiger partial charge >= 0.3 is 5.97 Å². The van der Waals surface area contributed by atoms with E-state index in [1.54, 1.807) is 30.1 Å². The molecule has 8 heteroatoms. The Morgan fingerprint density at radius 3 is 2.67 bits per heavy atom. The summed E-state index contributed by atoms with van der Waals surface area (Å²) in [6.45, 7) is 6.08. The minimum Gasteiger partial charge on any atom is -0.496 e. The molecule has 0 fully saturated rings. The fourth-order valence-electron chi connectivity index (χ4n) is 3.81. The Labute approximate surface area is 196 Å². The molecule has 0 N–H and O–H groups in total. The van der Waals surface area contributed by atoms with Crippen LogP contribution in [-0.2, 0) is 11.8 Å². The van der Waals surface area contributed by atoms with Gasteiger partial charge in [-0.3, -0.25) is 9.08 Å². The number of nitrogens with zero attached hydrogens (tertiary/aromatic N) is 4. The summed E-state index contributed by atoms with van der Waals surface area (Å²) in [5, 5.41) is 8.26. The summed E-state index contributed by atoms with van der Waals surface area (Å²) in [6, 6.07) is 10.0. The van der Waals surface area contributed by atoms with Crippen LogP contribution in [0.4, 0.5) is 0 Å². The molecule has 0 saturated carbocycles. The Morgan fingerprint density at radius 2 is 2.03 bits per heavy atom. The van der Waals surface area contributed by atoms with Crippen LogP contribution in [0.3, 0.4) is 0 Å². The number of rotatable bonds is 5. The van der Waals surface area contributed by atoms with Crippen molar-refractivity contribution in [1.82, 2.24) is 19.2 Å². The van der Waals surface area contributed by atoms with Gasteiger partial charge in [0.15, 0.2) is 0 Å². The molecule has 0 atom stereocenters. The highest BCUT2D eigenvalue weighted by molar-refractivity contribution is 7.13. The number of hydrogen-bond donors (Lipinski definition) is 0. The highest BCUT2D eigenvalue weighted by atomic mass is 32.1. The second-order valence-corrected chi connectivity index (χ2v) is 8.01. The van der Waals surface area contributed by atoms with Gasteiger partial charge in [0.25, 0.3) is 0 Å². The van der Waals surface area contributed by atoms with Gasteiger partial charge in [0.1, 0.15) is 11.4 Å². The number of pyridine rings is 1. The lowest BCUT2D eigenvalue weighted by atomic mass is 10.0. The first-order valence-electron chi connectivity index (χ1n) is 10.8. The van der Waals surface area contributed by atoms with Crippen LogP contribution in [0.15, 0.2) is 54.3 Å². The number of methoxy groups -OCH3 is 1. The van der Waals surface area contributed by atoms with Gasteiger partial charge in [-0.1, -0.05) is 19.9 Å². The maximum Gasteiger partial charge on any atom is 0.374 e. The molecular weight excluding hydrogens is 436 g/mol. The Morgan fingerprint density at radius 1 is 1.21 bits per heavy atom. The minimum absolute atomic E-state index is 0.265. The average molecular weight is 463 g/mol. The van der Waals surface area contributed by atoms with Crippen LogP contribution in [-0.4, -0.2) is 38.9 Å². The summed E-state index contributed by atoms with van der Waals surface area (Å²) in [7, 11) is 3.54. The van der Waals surface area contributed by atoms with E-state index < -0.39 is 5.97 Å². The minimum atomic E-state index is -0.444. The van der Waals surface area contributed by atoms with Crippen molar-refractivity contribution in [2.24, 2.45) is 7.05 Å². The van der Waals surface area contributed by atoms with Crippen LogP contribution in [0.25, 0.3) is 38.0 Å². The van der Waals surface area contributed by atoms with E-state index in [1.165, 1.54) is 0 Å². The van der Waals surface area contributed by atoms with Crippen molar-refractivity contribution in [2.75, 3.05) is 13.7 Å². The third-order valence-corrected chi connectivity index (χ3v) is 6.05. The zero-order chi connectivity index (χ0) is 23.5. The van der Waals surface area contributed by atoms with Crippen molar-refractivity contribution in [2.45, 2.75) is 20.8 Å². The molecule has 0 spiro atoms. The van der Waals surface area contributed by atoms with E-state index >= 15 is 0 Å². The van der Waals surface area contributed by atoms with E-state index in [-0.39, 0.29) is 12.4 Å². The van der Waals surface area contributed by atoms with E-state index in [2.05, 4.69) is 11.2 Å². The highest BCUT2D eigenvalue weighted by Crippen LogP contribution is 2.39. The lowest BCUT2D eigenvalue weighted by Gasteiger charge is -2.11. The maximum atomic E-state index is 12.6. The third-order valence-electron chi connectivity index (χ3n) is 5.17. The molecule has 0 aliphatic rings. The van der Waals surface area contributed by atoms with Crippen molar-refractivity contribution in [1.29, 1.82) is 0 Å². The number of hydrogen-bond acceptors (Lipinski definition) is 6. The van der Waals surface area contributed by atoms with Crippen LogP contribution in [0.1, 0.15) is 31.4 Å². The van der Waals surface area contributed by atoms with Crippen LogP contribution in [0, 0.1) is 0 Å². The Balaban J connectivity index is 0.00000126. The smallest absolute Gasteiger partial charge is 0.374 e. The zero-order valence-corrected chi connectivity index (χ0v) is 20.1. The molecule has 0 unspecified atom stereocenters. The van der Waals surface area contributed by atoms with E-state index in [9.17, 15) is 4.79 Å². The molecule has 0 bridgehead atoms. The Bertz CT molecular complexity index is 1420. The van der Waals surface area contributed by atoms with Crippen molar-refractivity contribution in [3.63, 3.8) is 0 Å². The normalized spacial score (nSPS) is 10.8. The summed E-state index contributed by atoms with van der Waals surface area (Å²) in [5.74, 6) is 0.578. The lowest BCUT2D eigenvalue weighted by Crippen LogP contribution is -2.09. The molecule has 170 valence electrons. The van der Waals surface area contributed by atoms with Gasteiger partial charge in [-0.2, -0.15) is 5.10 Å². The lowest BCUT2D eigenvalue weighted by molar-refractivity contribution is 0.0511. The summed E-state index contributed by atoms with van der Waals surface area (Å²) in [6.07, 6.45) is 5.62. The van der Waals surface area contributed by atoms with Gasteiger partial charge in [0, 0.05) is 36.0 Å². The standard InChI is InChI=1S/C23H20N4O3S.C2H6/c1-4-30-23(28)22-25-20(19-6-5-9-31-19)21-17-11-16(15-12-24-26(2)13-15)18(29-3)10-14(17)7-8-27(21)22;1-2/h5-13H,4H2,1-3H3;1-2H3. The maximum absolute atomic E-state index is 12.6. The molecule has 4 aromatic heterocycles. The molecule has 33 heavy (non-hydrogen) atoms. The van der Waals surface area contributed by atoms with Gasteiger partial charge in [0.2, 0.25) is 5.82 Å². The number of benzene rings is 1. The number of aryl methyl sites for hydroxylation is 1. The Hall–Kier alpha value is -3.65. The molecule has 0 radical (unpaired) electrons. The van der Waals surface area contributed by atoms with Crippen LogP contribution < -0.4 is 4.74 Å². The number of carbonyl (C=O) groups is 1. The quantitative estimate of drug-likeness (QED) is 0.307. The predicted octanol–water partition coefficient (Wildman–Crippen LogP) is 5.83. The second-order valence-electron chi connectivity index (χ2n) is 7.06. The summed E-state index contributed by atoms with van der Waals surface area (Å²) in [5.41, 5.74) is 3.49. The van der Waals surface area contributed by atoms with Gasteiger partial charge < -0.3 is 9.47 Å². The van der Waals surface area contributed by atoms with Crippen molar-refractivity contribution in [3.8, 4) is 27.4 Å². The fraction of sp³-hybridized carbons (Fsp3) is 0.240. The number of carbonyl (C=O) groups excluding carboxylic acids is 1. The monoisotopic (exact) mass is 462 g/mol. The van der Waals surface area contributed by atoms with Gasteiger partial charge in [-0.25, -0.2) is 9.78 Å². The first kappa shape index (κ1) is 22.5. The van der Waals surface area contributed by atoms with E-state index in [0.29, 0.717) is 0 Å². The molecule has 1 aromatic carbocycles. The highest BCUT2D eigenvalue weighted by Gasteiger charge is 2.22. The third kappa shape index (κ3) is 3.98. The molecule has 0 aliphatic carbocycles. The molecule has 5 aromatic rings. The molecule has 0 aliphatic heterocycles. The molecule has 0 amide bonds.